The number of carbonyl (C=O) groups excluding carboxylic acids is 1. The SMILES string of the molecule is Cc1ccc(NC(=O)c2c(C)nn(Cc3ccccc3Cl)c2Cl)cc1C. The molecular weight excluding hydrogens is 369 g/mol. The van der Waals surface area contributed by atoms with Crippen molar-refractivity contribution in [3.8, 4) is 0 Å². The van der Waals surface area contributed by atoms with E-state index in [4.69, 9.17) is 23.2 Å². The Morgan fingerprint density at radius 2 is 1.81 bits per heavy atom. The number of hydrogen-bond acceptors (Lipinski definition) is 2. The van der Waals surface area contributed by atoms with Gasteiger partial charge in [-0.3, -0.25) is 4.79 Å². The first-order chi connectivity index (χ1) is 12.4. The normalized spacial score (nSPS) is 10.8. The van der Waals surface area contributed by atoms with Gasteiger partial charge in [-0.25, -0.2) is 4.68 Å². The van der Waals surface area contributed by atoms with Crippen molar-refractivity contribution < 1.29 is 4.79 Å². The van der Waals surface area contributed by atoms with Gasteiger partial charge >= 0.3 is 0 Å². The van der Waals surface area contributed by atoms with Gasteiger partial charge in [-0.05, 0) is 55.7 Å². The summed E-state index contributed by atoms with van der Waals surface area (Å²) in [5, 5.41) is 8.23. The molecule has 0 aliphatic heterocycles. The summed E-state index contributed by atoms with van der Waals surface area (Å²) in [5.41, 5.74) is 4.84. The summed E-state index contributed by atoms with van der Waals surface area (Å²) in [7, 11) is 0. The smallest absolute Gasteiger partial charge is 0.260 e. The van der Waals surface area contributed by atoms with E-state index in [0.717, 1.165) is 16.8 Å². The zero-order valence-electron chi connectivity index (χ0n) is 14.8. The Bertz CT molecular complexity index is 979. The van der Waals surface area contributed by atoms with Gasteiger partial charge in [0, 0.05) is 10.7 Å². The molecule has 0 atom stereocenters. The summed E-state index contributed by atoms with van der Waals surface area (Å²) in [6.45, 7) is 6.20. The number of anilines is 1. The van der Waals surface area contributed by atoms with Gasteiger partial charge in [-0.1, -0.05) is 47.5 Å². The first-order valence-corrected chi connectivity index (χ1v) is 8.97. The number of nitrogens with zero attached hydrogens (tertiary/aromatic N) is 2. The maximum absolute atomic E-state index is 12.7. The van der Waals surface area contributed by atoms with Crippen molar-refractivity contribution in [1.82, 2.24) is 9.78 Å². The second-order valence-electron chi connectivity index (χ2n) is 6.25. The van der Waals surface area contributed by atoms with Gasteiger partial charge in [0.1, 0.15) is 5.15 Å². The molecule has 3 aromatic rings. The molecule has 0 fully saturated rings. The molecule has 0 spiro atoms. The first kappa shape index (κ1) is 18.5. The van der Waals surface area contributed by atoms with Crippen molar-refractivity contribution in [3.63, 3.8) is 0 Å². The van der Waals surface area contributed by atoms with Crippen LogP contribution in [0.5, 0.6) is 0 Å². The van der Waals surface area contributed by atoms with Crippen LogP contribution in [0.1, 0.15) is 32.7 Å². The van der Waals surface area contributed by atoms with Gasteiger partial charge in [0.25, 0.3) is 5.91 Å². The molecule has 0 aliphatic rings. The molecule has 0 radical (unpaired) electrons. The number of aromatic nitrogens is 2. The quantitative estimate of drug-likeness (QED) is 0.649. The van der Waals surface area contributed by atoms with E-state index in [1.807, 2.05) is 56.3 Å². The number of benzene rings is 2. The van der Waals surface area contributed by atoms with Crippen LogP contribution < -0.4 is 5.32 Å². The predicted octanol–water partition coefficient (Wildman–Crippen LogP) is 5.42. The lowest BCUT2D eigenvalue weighted by molar-refractivity contribution is 0.102. The molecular formula is C20H19Cl2N3O. The Hall–Kier alpha value is -2.30. The van der Waals surface area contributed by atoms with E-state index in [0.29, 0.717) is 28.0 Å². The molecule has 0 saturated heterocycles. The van der Waals surface area contributed by atoms with E-state index in [1.165, 1.54) is 5.56 Å². The Morgan fingerprint density at radius 1 is 1.08 bits per heavy atom. The highest BCUT2D eigenvalue weighted by atomic mass is 35.5. The molecule has 26 heavy (non-hydrogen) atoms. The molecule has 2 aromatic carbocycles. The van der Waals surface area contributed by atoms with Crippen molar-refractivity contribution in [1.29, 1.82) is 0 Å². The molecule has 0 unspecified atom stereocenters. The van der Waals surface area contributed by atoms with Crippen molar-refractivity contribution in [2.24, 2.45) is 0 Å². The van der Waals surface area contributed by atoms with Crippen LogP contribution in [0.25, 0.3) is 0 Å². The fourth-order valence-corrected chi connectivity index (χ4v) is 3.23. The van der Waals surface area contributed by atoms with Crippen LogP contribution in [0.4, 0.5) is 5.69 Å². The van der Waals surface area contributed by atoms with Crippen molar-refractivity contribution >= 4 is 34.8 Å². The van der Waals surface area contributed by atoms with Crippen LogP contribution in [-0.2, 0) is 6.54 Å². The molecule has 0 aliphatic carbocycles. The van der Waals surface area contributed by atoms with E-state index in [-0.39, 0.29) is 5.91 Å². The Morgan fingerprint density at radius 3 is 2.50 bits per heavy atom. The second-order valence-corrected chi connectivity index (χ2v) is 7.02. The summed E-state index contributed by atoms with van der Waals surface area (Å²) in [4.78, 5) is 12.7. The predicted molar refractivity (Wildman–Crippen MR) is 106 cm³/mol. The van der Waals surface area contributed by atoms with Crippen molar-refractivity contribution in [2.45, 2.75) is 27.3 Å². The topological polar surface area (TPSA) is 46.9 Å². The van der Waals surface area contributed by atoms with Crippen LogP contribution in [-0.4, -0.2) is 15.7 Å². The zero-order valence-corrected chi connectivity index (χ0v) is 16.3. The minimum Gasteiger partial charge on any atom is -0.322 e. The number of aryl methyl sites for hydroxylation is 3. The van der Waals surface area contributed by atoms with Gasteiger partial charge in [-0.15, -0.1) is 0 Å². The van der Waals surface area contributed by atoms with E-state index >= 15 is 0 Å². The molecule has 1 N–H and O–H groups in total. The van der Waals surface area contributed by atoms with Crippen LogP contribution in [0, 0.1) is 20.8 Å². The number of hydrogen-bond donors (Lipinski definition) is 1. The third kappa shape index (κ3) is 3.76. The van der Waals surface area contributed by atoms with E-state index in [9.17, 15) is 4.79 Å². The molecule has 134 valence electrons. The largest absolute Gasteiger partial charge is 0.322 e. The third-order valence-electron chi connectivity index (χ3n) is 4.34. The average molecular weight is 388 g/mol. The number of amides is 1. The average Bonchev–Trinajstić information content (AvgIpc) is 2.87. The second kappa shape index (κ2) is 7.52. The van der Waals surface area contributed by atoms with E-state index < -0.39 is 0 Å². The minimum atomic E-state index is -0.277. The number of carbonyl (C=O) groups is 1. The summed E-state index contributed by atoms with van der Waals surface area (Å²) >= 11 is 12.7. The lowest BCUT2D eigenvalue weighted by Crippen LogP contribution is -2.13. The van der Waals surface area contributed by atoms with Gasteiger partial charge in [0.15, 0.2) is 0 Å². The third-order valence-corrected chi connectivity index (χ3v) is 5.09. The Labute approximate surface area is 162 Å². The van der Waals surface area contributed by atoms with Crippen LogP contribution in [0.2, 0.25) is 10.2 Å². The van der Waals surface area contributed by atoms with Gasteiger partial charge in [0.05, 0.1) is 17.8 Å². The number of nitrogens with one attached hydrogen (secondary N) is 1. The molecule has 0 saturated carbocycles. The molecule has 6 heteroatoms. The Balaban J connectivity index is 1.86. The van der Waals surface area contributed by atoms with E-state index in [1.54, 1.807) is 11.6 Å². The zero-order chi connectivity index (χ0) is 18.8. The monoisotopic (exact) mass is 387 g/mol. The van der Waals surface area contributed by atoms with Crippen LogP contribution >= 0.6 is 23.2 Å². The highest BCUT2D eigenvalue weighted by molar-refractivity contribution is 6.34. The molecule has 3 rings (SSSR count). The summed E-state index contributed by atoms with van der Waals surface area (Å²) < 4.78 is 1.59. The maximum Gasteiger partial charge on any atom is 0.260 e. The highest BCUT2D eigenvalue weighted by Gasteiger charge is 2.21. The first-order valence-electron chi connectivity index (χ1n) is 8.21. The van der Waals surface area contributed by atoms with Gasteiger partial charge < -0.3 is 5.32 Å². The standard InChI is InChI=1S/C20H19Cl2N3O/c1-12-8-9-16(10-13(12)2)23-20(26)18-14(3)24-25(19(18)22)11-15-6-4-5-7-17(15)21/h4-10H,11H2,1-3H3,(H,23,26). The maximum atomic E-state index is 12.7. The molecule has 1 aromatic heterocycles. The summed E-state index contributed by atoms with van der Waals surface area (Å²) in [6, 6.07) is 13.3. The molecule has 0 bridgehead atoms. The summed E-state index contributed by atoms with van der Waals surface area (Å²) in [5.74, 6) is -0.277. The van der Waals surface area contributed by atoms with Gasteiger partial charge in [0.2, 0.25) is 0 Å². The van der Waals surface area contributed by atoms with E-state index in [2.05, 4.69) is 10.4 Å². The van der Waals surface area contributed by atoms with Crippen LogP contribution in [0.15, 0.2) is 42.5 Å². The number of halogens is 2. The molecule has 4 nitrogen and oxygen atoms in total. The lowest BCUT2D eigenvalue weighted by Gasteiger charge is -2.08. The Kier molecular flexibility index (Phi) is 5.35. The van der Waals surface area contributed by atoms with Crippen molar-refractivity contribution in [3.05, 3.63) is 80.6 Å². The van der Waals surface area contributed by atoms with Gasteiger partial charge in [-0.2, -0.15) is 5.10 Å². The highest BCUT2D eigenvalue weighted by Crippen LogP contribution is 2.24. The lowest BCUT2D eigenvalue weighted by atomic mass is 10.1. The van der Waals surface area contributed by atoms with Crippen molar-refractivity contribution in [2.75, 3.05) is 5.32 Å². The fraction of sp³-hybridized carbons (Fsp3) is 0.200. The molecule has 1 amide bonds. The minimum absolute atomic E-state index is 0.277. The van der Waals surface area contributed by atoms with Crippen LogP contribution in [0.3, 0.4) is 0 Å². The fourth-order valence-electron chi connectivity index (χ4n) is 2.72. The summed E-state index contributed by atoms with van der Waals surface area (Å²) in [6.07, 6.45) is 0. The molecule has 1 heterocycles. The number of rotatable bonds is 4.